The van der Waals surface area contributed by atoms with E-state index in [1.165, 1.54) is 6.07 Å². The van der Waals surface area contributed by atoms with E-state index in [1.807, 2.05) is 13.8 Å². The van der Waals surface area contributed by atoms with Crippen LogP contribution in [0.15, 0.2) is 27.6 Å². The zero-order valence-corrected chi connectivity index (χ0v) is 12.3. The Morgan fingerprint density at radius 2 is 2.12 bits per heavy atom. The van der Waals surface area contributed by atoms with Crippen LogP contribution in [0.4, 0.5) is 5.69 Å². The summed E-state index contributed by atoms with van der Waals surface area (Å²) in [5, 5.41) is 0. The molecule has 0 saturated carbocycles. The lowest BCUT2D eigenvalue weighted by Gasteiger charge is -2.14. The van der Waals surface area contributed by atoms with Crippen molar-refractivity contribution in [2.24, 2.45) is 0 Å². The van der Waals surface area contributed by atoms with E-state index in [0.29, 0.717) is 4.47 Å². The summed E-state index contributed by atoms with van der Waals surface area (Å²) in [4.78, 5) is 0.120. The van der Waals surface area contributed by atoms with Gasteiger partial charge in [-0.1, -0.05) is 29.3 Å². The molecule has 96 valence electrons. The number of sulfonamides is 1. The summed E-state index contributed by atoms with van der Waals surface area (Å²) in [5.74, 6) is 0. The Balaban J connectivity index is 3.01. The smallest absolute Gasteiger partial charge is 0.242 e. The number of nitrogen functional groups attached to an aromatic ring is 1. The zero-order chi connectivity index (χ0) is 13.1. The van der Waals surface area contributed by atoms with Crippen molar-refractivity contribution in [3.8, 4) is 0 Å². The first-order valence-electron chi connectivity index (χ1n) is 5.44. The van der Waals surface area contributed by atoms with Crippen molar-refractivity contribution < 1.29 is 8.42 Å². The topological polar surface area (TPSA) is 72.2 Å². The Labute approximate surface area is 111 Å². The predicted octanol–water partition coefficient (Wildman–Crippen LogP) is 2.50. The van der Waals surface area contributed by atoms with Crippen LogP contribution in [0.25, 0.3) is 0 Å². The van der Waals surface area contributed by atoms with Crippen LogP contribution in [0, 0.1) is 0 Å². The van der Waals surface area contributed by atoms with Crippen LogP contribution >= 0.6 is 15.9 Å². The Bertz CT molecular complexity index is 488. The van der Waals surface area contributed by atoms with Crippen molar-refractivity contribution in [1.29, 1.82) is 0 Å². The maximum absolute atomic E-state index is 12.1. The molecule has 1 aromatic rings. The third kappa shape index (κ3) is 3.97. The molecule has 17 heavy (non-hydrogen) atoms. The van der Waals surface area contributed by atoms with Crippen molar-refractivity contribution >= 4 is 31.6 Å². The van der Waals surface area contributed by atoms with E-state index < -0.39 is 10.0 Å². The Morgan fingerprint density at radius 1 is 1.47 bits per heavy atom. The number of nitrogens with one attached hydrogen (secondary N) is 1. The van der Waals surface area contributed by atoms with Gasteiger partial charge in [-0.3, -0.25) is 0 Å². The molecule has 1 atom stereocenters. The summed E-state index contributed by atoms with van der Waals surface area (Å²) in [6.07, 6.45) is 1.73. The highest BCUT2D eigenvalue weighted by atomic mass is 79.9. The van der Waals surface area contributed by atoms with E-state index in [4.69, 9.17) is 5.73 Å². The fraction of sp³-hybridized carbons (Fsp3) is 0.455. The van der Waals surface area contributed by atoms with Crippen molar-refractivity contribution in [2.45, 2.75) is 37.6 Å². The van der Waals surface area contributed by atoms with Gasteiger partial charge in [0, 0.05) is 10.5 Å². The molecule has 0 aliphatic carbocycles. The molecular formula is C11H17BrN2O2S. The number of anilines is 1. The highest BCUT2D eigenvalue weighted by molar-refractivity contribution is 9.10. The number of halogens is 1. The highest BCUT2D eigenvalue weighted by Gasteiger charge is 2.19. The Kier molecular flexibility index (Phi) is 4.97. The van der Waals surface area contributed by atoms with Gasteiger partial charge in [-0.2, -0.15) is 0 Å². The molecule has 1 unspecified atom stereocenters. The molecule has 3 N–H and O–H groups in total. The largest absolute Gasteiger partial charge is 0.398 e. The standard InChI is InChI=1S/C11H17BrN2O2S/c1-3-4-8(2)14-17(15,16)11-7-9(12)5-6-10(11)13/h5-8,14H,3-4,13H2,1-2H3. The molecule has 0 aliphatic heterocycles. The van der Waals surface area contributed by atoms with Gasteiger partial charge in [0.25, 0.3) is 0 Å². The SMILES string of the molecule is CCCC(C)NS(=O)(=O)c1cc(Br)ccc1N. The summed E-state index contributed by atoms with van der Waals surface area (Å²) in [7, 11) is -3.54. The predicted molar refractivity (Wildman–Crippen MR) is 73.2 cm³/mol. The maximum Gasteiger partial charge on any atom is 0.242 e. The second-order valence-electron chi connectivity index (χ2n) is 3.99. The third-order valence-electron chi connectivity index (χ3n) is 2.34. The molecular weight excluding hydrogens is 304 g/mol. The summed E-state index contributed by atoms with van der Waals surface area (Å²) in [6.45, 7) is 3.85. The van der Waals surface area contributed by atoms with E-state index in [-0.39, 0.29) is 16.6 Å². The molecule has 0 spiro atoms. The number of nitrogens with two attached hydrogens (primary N) is 1. The molecule has 1 aromatic carbocycles. The lowest BCUT2D eigenvalue weighted by atomic mass is 10.2. The summed E-state index contributed by atoms with van der Waals surface area (Å²) >= 11 is 3.24. The van der Waals surface area contributed by atoms with Crippen LogP contribution in [-0.4, -0.2) is 14.5 Å². The minimum absolute atomic E-state index is 0.0941. The first-order chi connectivity index (χ1) is 7.86. The van der Waals surface area contributed by atoms with Crippen molar-refractivity contribution in [3.63, 3.8) is 0 Å². The average molecular weight is 321 g/mol. The minimum Gasteiger partial charge on any atom is -0.398 e. The summed E-state index contributed by atoms with van der Waals surface area (Å²) in [6, 6.07) is 4.70. The molecule has 0 aromatic heterocycles. The molecule has 0 bridgehead atoms. The van der Waals surface area contributed by atoms with Gasteiger partial charge >= 0.3 is 0 Å². The van der Waals surface area contributed by atoms with Gasteiger partial charge < -0.3 is 5.73 Å². The van der Waals surface area contributed by atoms with E-state index in [2.05, 4.69) is 20.7 Å². The van der Waals surface area contributed by atoms with Crippen LogP contribution in [-0.2, 0) is 10.0 Å². The van der Waals surface area contributed by atoms with Gasteiger partial charge in [-0.25, -0.2) is 13.1 Å². The minimum atomic E-state index is -3.54. The highest BCUT2D eigenvalue weighted by Crippen LogP contribution is 2.23. The summed E-state index contributed by atoms with van der Waals surface area (Å²) < 4.78 is 27.5. The van der Waals surface area contributed by atoms with E-state index >= 15 is 0 Å². The van der Waals surface area contributed by atoms with Crippen LogP contribution in [0.1, 0.15) is 26.7 Å². The van der Waals surface area contributed by atoms with Gasteiger partial charge in [0.1, 0.15) is 4.90 Å². The molecule has 1 rings (SSSR count). The number of benzene rings is 1. The van der Waals surface area contributed by atoms with Gasteiger partial charge in [0.2, 0.25) is 10.0 Å². The number of rotatable bonds is 5. The number of hydrogen-bond donors (Lipinski definition) is 2. The Hall–Kier alpha value is -0.590. The fourth-order valence-electron chi connectivity index (χ4n) is 1.56. The average Bonchev–Trinajstić information content (AvgIpc) is 2.21. The molecule has 0 aliphatic rings. The third-order valence-corrected chi connectivity index (χ3v) is 4.48. The molecule has 6 heteroatoms. The number of hydrogen-bond acceptors (Lipinski definition) is 3. The zero-order valence-electron chi connectivity index (χ0n) is 9.90. The first kappa shape index (κ1) is 14.5. The molecule has 0 fully saturated rings. The monoisotopic (exact) mass is 320 g/mol. The molecule has 4 nitrogen and oxygen atoms in total. The molecule has 0 heterocycles. The molecule has 0 radical (unpaired) electrons. The molecule has 0 saturated heterocycles. The second-order valence-corrected chi connectivity index (χ2v) is 6.59. The normalized spacial score (nSPS) is 13.6. The lowest BCUT2D eigenvalue weighted by Crippen LogP contribution is -2.32. The van der Waals surface area contributed by atoms with Gasteiger partial charge in [-0.15, -0.1) is 0 Å². The van der Waals surface area contributed by atoms with Crippen LogP contribution in [0.5, 0.6) is 0 Å². The quantitative estimate of drug-likeness (QED) is 0.819. The summed E-state index contributed by atoms with van der Waals surface area (Å²) in [5.41, 5.74) is 5.94. The lowest BCUT2D eigenvalue weighted by molar-refractivity contribution is 0.544. The second kappa shape index (κ2) is 5.84. The Morgan fingerprint density at radius 3 is 2.71 bits per heavy atom. The van der Waals surface area contributed by atoms with Crippen molar-refractivity contribution in [2.75, 3.05) is 5.73 Å². The maximum atomic E-state index is 12.1. The molecule has 0 amide bonds. The van der Waals surface area contributed by atoms with Gasteiger partial charge in [0.05, 0.1) is 5.69 Å². The van der Waals surface area contributed by atoms with Gasteiger partial charge in [-0.05, 0) is 31.5 Å². The first-order valence-corrected chi connectivity index (χ1v) is 7.71. The van der Waals surface area contributed by atoms with Crippen LogP contribution in [0.2, 0.25) is 0 Å². The van der Waals surface area contributed by atoms with Crippen LogP contribution < -0.4 is 10.5 Å². The van der Waals surface area contributed by atoms with E-state index in [1.54, 1.807) is 12.1 Å². The van der Waals surface area contributed by atoms with Crippen molar-refractivity contribution in [1.82, 2.24) is 4.72 Å². The van der Waals surface area contributed by atoms with E-state index in [9.17, 15) is 8.42 Å². The van der Waals surface area contributed by atoms with E-state index in [0.717, 1.165) is 12.8 Å². The fourth-order valence-corrected chi connectivity index (χ4v) is 3.51. The van der Waals surface area contributed by atoms with Crippen LogP contribution in [0.3, 0.4) is 0 Å². The van der Waals surface area contributed by atoms with Gasteiger partial charge in [0.15, 0.2) is 0 Å². The van der Waals surface area contributed by atoms with Crippen molar-refractivity contribution in [3.05, 3.63) is 22.7 Å².